The van der Waals surface area contributed by atoms with E-state index in [0.29, 0.717) is 17.6 Å². The van der Waals surface area contributed by atoms with Gasteiger partial charge in [0.2, 0.25) is 0 Å². The van der Waals surface area contributed by atoms with Crippen molar-refractivity contribution in [2.24, 2.45) is 7.05 Å². The summed E-state index contributed by atoms with van der Waals surface area (Å²) in [6.07, 6.45) is 0. The predicted octanol–water partition coefficient (Wildman–Crippen LogP) is 4.14. The monoisotopic (exact) mass is 457 g/mol. The van der Waals surface area contributed by atoms with E-state index in [9.17, 15) is 9.59 Å². The van der Waals surface area contributed by atoms with Gasteiger partial charge in [-0.15, -0.1) is 5.48 Å². The first kappa shape index (κ1) is 22.1. The largest absolute Gasteiger partial charge is 0.378 e. The molecule has 0 spiro atoms. The molecule has 1 N–H and O–H groups in total. The van der Waals surface area contributed by atoms with E-state index in [0.717, 1.165) is 59.4 Å². The Morgan fingerprint density at radius 2 is 1.62 bits per heavy atom. The second-order valence-corrected chi connectivity index (χ2v) is 8.60. The van der Waals surface area contributed by atoms with Gasteiger partial charge in [-0.05, 0) is 67.1 Å². The number of ketones is 1. The topological polar surface area (TPSA) is 72.8 Å². The number of hydrogen-bond donors (Lipinski definition) is 1. The molecule has 174 valence electrons. The van der Waals surface area contributed by atoms with Crippen LogP contribution in [-0.4, -0.2) is 43.1 Å². The van der Waals surface area contributed by atoms with Crippen molar-refractivity contribution < 1.29 is 19.2 Å². The van der Waals surface area contributed by atoms with Crippen molar-refractivity contribution in [3.63, 3.8) is 0 Å². The van der Waals surface area contributed by atoms with E-state index in [2.05, 4.69) is 27.1 Å². The van der Waals surface area contributed by atoms with Crippen molar-refractivity contribution in [2.45, 2.75) is 13.0 Å². The molecule has 1 unspecified atom stereocenters. The second-order valence-electron chi connectivity index (χ2n) is 8.60. The Morgan fingerprint density at radius 1 is 0.971 bits per heavy atom. The highest BCUT2D eigenvalue weighted by Gasteiger charge is 2.16. The zero-order valence-corrected chi connectivity index (χ0v) is 19.3. The molecular formula is C27H27N3O4. The van der Waals surface area contributed by atoms with Crippen molar-refractivity contribution in [3.05, 3.63) is 77.4 Å². The first-order valence-electron chi connectivity index (χ1n) is 11.4. The molecule has 0 saturated carbocycles. The third-order valence-corrected chi connectivity index (χ3v) is 6.59. The molecule has 5 rings (SSSR count). The molecule has 1 aliphatic rings. The number of carbonyl (C=O) groups is 2. The van der Waals surface area contributed by atoms with Crippen LogP contribution in [0.15, 0.2) is 60.7 Å². The Kier molecular flexibility index (Phi) is 6.04. The van der Waals surface area contributed by atoms with Crippen LogP contribution < -0.4 is 10.4 Å². The molecule has 1 aliphatic heterocycles. The van der Waals surface area contributed by atoms with E-state index in [4.69, 9.17) is 9.57 Å². The summed E-state index contributed by atoms with van der Waals surface area (Å²) in [6.45, 7) is 5.48. The summed E-state index contributed by atoms with van der Waals surface area (Å²) >= 11 is 0. The predicted molar refractivity (Wildman–Crippen MR) is 132 cm³/mol. The van der Waals surface area contributed by atoms with Crippen LogP contribution >= 0.6 is 0 Å². The summed E-state index contributed by atoms with van der Waals surface area (Å²) < 4.78 is 7.55. The van der Waals surface area contributed by atoms with E-state index in [-0.39, 0.29) is 11.8 Å². The highest BCUT2D eigenvalue weighted by atomic mass is 16.7. The highest BCUT2D eigenvalue weighted by Crippen LogP contribution is 2.32. The maximum Gasteiger partial charge on any atom is 0.312 e. The standard InChI is InChI=1S/C27H27N3O4/c1-18(28-34-17-31)20-5-9-25-23(15-20)24-16-21(6-10-26(24)29(25)2)27(32)19-3-7-22(8-4-19)30-11-13-33-14-12-30/h3-10,15-18,28H,11-14H2,1-2H3. The maximum absolute atomic E-state index is 13.3. The number of hydroxylamine groups is 1. The number of benzene rings is 3. The van der Waals surface area contributed by atoms with Gasteiger partial charge in [0, 0.05) is 58.8 Å². The number of hydrogen-bond acceptors (Lipinski definition) is 6. The molecular weight excluding hydrogens is 430 g/mol. The quantitative estimate of drug-likeness (QED) is 0.256. The number of carbonyl (C=O) groups excluding carboxylic acids is 2. The normalized spacial score (nSPS) is 14.9. The second kappa shape index (κ2) is 9.29. The molecule has 1 fully saturated rings. The van der Waals surface area contributed by atoms with Gasteiger partial charge in [0.05, 0.1) is 19.3 Å². The van der Waals surface area contributed by atoms with Crippen LogP contribution in [0, 0.1) is 0 Å². The van der Waals surface area contributed by atoms with Crippen LogP contribution in [0.5, 0.6) is 0 Å². The number of fused-ring (bicyclic) bond motifs is 3. The molecule has 1 atom stereocenters. The lowest BCUT2D eigenvalue weighted by Crippen LogP contribution is -2.36. The lowest BCUT2D eigenvalue weighted by atomic mass is 9.99. The van der Waals surface area contributed by atoms with E-state index >= 15 is 0 Å². The Balaban J connectivity index is 1.48. The molecule has 7 heteroatoms. The number of aryl methyl sites for hydroxylation is 1. The number of aromatic nitrogens is 1. The molecule has 3 aromatic carbocycles. The summed E-state index contributed by atoms with van der Waals surface area (Å²) in [6, 6.07) is 19.7. The summed E-state index contributed by atoms with van der Waals surface area (Å²) in [5.41, 5.74) is 8.24. The Morgan fingerprint density at radius 3 is 2.32 bits per heavy atom. The molecule has 0 radical (unpaired) electrons. The molecule has 1 saturated heterocycles. The summed E-state index contributed by atoms with van der Waals surface area (Å²) in [4.78, 5) is 30.8. The van der Waals surface area contributed by atoms with Crippen LogP contribution in [0.4, 0.5) is 5.69 Å². The third-order valence-electron chi connectivity index (χ3n) is 6.59. The molecule has 0 aliphatic carbocycles. The summed E-state index contributed by atoms with van der Waals surface area (Å²) in [7, 11) is 2.02. The zero-order chi connectivity index (χ0) is 23.7. The maximum atomic E-state index is 13.3. The first-order chi connectivity index (χ1) is 16.6. The van der Waals surface area contributed by atoms with Crippen LogP contribution in [0.3, 0.4) is 0 Å². The van der Waals surface area contributed by atoms with Gasteiger partial charge in [-0.3, -0.25) is 9.59 Å². The fraction of sp³-hybridized carbons (Fsp3) is 0.259. The van der Waals surface area contributed by atoms with Crippen LogP contribution in [0.25, 0.3) is 21.8 Å². The average molecular weight is 458 g/mol. The smallest absolute Gasteiger partial charge is 0.312 e. The summed E-state index contributed by atoms with van der Waals surface area (Å²) in [5, 5.41) is 2.06. The number of rotatable bonds is 7. The van der Waals surface area contributed by atoms with E-state index in [1.165, 1.54) is 0 Å². The third kappa shape index (κ3) is 4.04. The van der Waals surface area contributed by atoms with Crippen LogP contribution in [-0.2, 0) is 21.4 Å². The molecule has 4 aromatic rings. The average Bonchev–Trinajstić information content (AvgIpc) is 3.18. The first-order valence-corrected chi connectivity index (χ1v) is 11.4. The highest BCUT2D eigenvalue weighted by molar-refractivity contribution is 6.14. The Labute approximate surface area is 197 Å². The number of nitrogens with zero attached hydrogens (tertiary/aromatic N) is 2. The van der Waals surface area contributed by atoms with Crippen molar-refractivity contribution in [1.29, 1.82) is 0 Å². The van der Waals surface area contributed by atoms with Gasteiger partial charge < -0.3 is 19.0 Å². The lowest BCUT2D eigenvalue weighted by molar-refractivity contribution is -0.136. The minimum Gasteiger partial charge on any atom is -0.378 e. The molecule has 7 nitrogen and oxygen atoms in total. The van der Waals surface area contributed by atoms with Gasteiger partial charge in [-0.25, -0.2) is 0 Å². The molecule has 34 heavy (non-hydrogen) atoms. The van der Waals surface area contributed by atoms with Gasteiger partial charge >= 0.3 is 6.47 Å². The summed E-state index contributed by atoms with van der Waals surface area (Å²) in [5.74, 6) is -0.00185. The molecule has 0 bridgehead atoms. The van der Waals surface area contributed by atoms with E-state index < -0.39 is 0 Å². The lowest BCUT2D eigenvalue weighted by Gasteiger charge is -2.28. The van der Waals surface area contributed by atoms with Gasteiger partial charge in [0.1, 0.15) is 0 Å². The SMILES string of the molecule is CC(NOC=O)c1ccc2c(c1)c1cc(C(=O)c3ccc(N4CCOCC4)cc3)ccc1n2C. The fourth-order valence-electron chi connectivity index (χ4n) is 4.66. The van der Waals surface area contributed by atoms with Gasteiger partial charge in [0.25, 0.3) is 0 Å². The Hall–Kier alpha value is -3.68. The number of anilines is 1. The van der Waals surface area contributed by atoms with E-state index in [1.54, 1.807) is 0 Å². The fourth-order valence-corrected chi connectivity index (χ4v) is 4.66. The van der Waals surface area contributed by atoms with Crippen molar-refractivity contribution in [1.82, 2.24) is 10.0 Å². The van der Waals surface area contributed by atoms with Crippen molar-refractivity contribution in [2.75, 3.05) is 31.2 Å². The molecule has 1 aromatic heterocycles. The Bertz CT molecular complexity index is 1350. The van der Waals surface area contributed by atoms with E-state index in [1.807, 2.05) is 62.5 Å². The van der Waals surface area contributed by atoms with Crippen LogP contribution in [0.2, 0.25) is 0 Å². The minimum atomic E-state index is -0.167. The van der Waals surface area contributed by atoms with Gasteiger partial charge in [-0.1, -0.05) is 6.07 Å². The van der Waals surface area contributed by atoms with Crippen molar-refractivity contribution in [3.8, 4) is 0 Å². The number of nitrogens with one attached hydrogen (secondary N) is 1. The zero-order valence-electron chi connectivity index (χ0n) is 19.3. The molecule has 0 amide bonds. The van der Waals surface area contributed by atoms with Gasteiger partial charge in [0.15, 0.2) is 5.78 Å². The number of morpholine rings is 1. The van der Waals surface area contributed by atoms with Crippen molar-refractivity contribution >= 4 is 39.7 Å². The number of ether oxygens (including phenoxy) is 1. The van der Waals surface area contributed by atoms with Crippen LogP contribution in [0.1, 0.15) is 34.5 Å². The van der Waals surface area contributed by atoms with Gasteiger partial charge in [-0.2, -0.15) is 0 Å². The molecule has 2 heterocycles. The minimum absolute atomic E-state index is 0.00185.